The fourth-order valence-corrected chi connectivity index (χ4v) is 3.89. The fraction of sp³-hybridized carbons (Fsp3) is 0.286. The van der Waals surface area contributed by atoms with Crippen molar-refractivity contribution in [3.63, 3.8) is 0 Å². The minimum absolute atomic E-state index is 0.0295. The number of halogens is 1. The predicted octanol–water partition coefficient (Wildman–Crippen LogP) is 3.80. The van der Waals surface area contributed by atoms with Gasteiger partial charge in [0.25, 0.3) is 5.91 Å². The number of nitrogens with zero attached hydrogens (tertiary/aromatic N) is 2. The van der Waals surface area contributed by atoms with Gasteiger partial charge in [0.15, 0.2) is 5.11 Å². The van der Waals surface area contributed by atoms with Gasteiger partial charge in [-0.1, -0.05) is 28.1 Å². The largest absolute Gasteiger partial charge is 0.497 e. The molecule has 0 spiro atoms. The first-order chi connectivity index (χ1) is 13.9. The molecule has 152 valence electrons. The maximum absolute atomic E-state index is 12.9. The van der Waals surface area contributed by atoms with Crippen molar-refractivity contribution in [2.75, 3.05) is 19.0 Å². The number of anilines is 1. The molecule has 2 aromatic carbocycles. The van der Waals surface area contributed by atoms with E-state index >= 15 is 0 Å². The molecule has 1 heterocycles. The third kappa shape index (κ3) is 4.94. The van der Waals surface area contributed by atoms with Crippen LogP contribution in [-0.4, -0.2) is 46.4 Å². The molecule has 3 rings (SSSR count). The van der Waals surface area contributed by atoms with E-state index in [1.54, 1.807) is 24.1 Å². The van der Waals surface area contributed by atoms with Crippen molar-refractivity contribution in [1.29, 1.82) is 0 Å². The van der Waals surface area contributed by atoms with Crippen LogP contribution in [0.4, 0.5) is 5.69 Å². The molecule has 0 aliphatic carbocycles. The highest BCUT2D eigenvalue weighted by molar-refractivity contribution is 9.10. The topological polar surface area (TPSA) is 61.9 Å². The van der Waals surface area contributed by atoms with Crippen molar-refractivity contribution in [2.24, 2.45) is 0 Å². The fourth-order valence-electron chi connectivity index (χ4n) is 3.21. The van der Waals surface area contributed by atoms with Gasteiger partial charge in [-0.2, -0.15) is 0 Å². The number of thiocarbonyl (C=S) groups is 1. The van der Waals surface area contributed by atoms with Crippen LogP contribution in [0.15, 0.2) is 53.0 Å². The summed E-state index contributed by atoms with van der Waals surface area (Å²) in [4.78, 5) is 28.8. The second-order valence-electron chi connectivity index (χ2n) is 6.62. The molecular formula is C21H22BrN3O3S. The summed E-state index contributed by atoms with van der Waals surface area (Å²) >= 11 is 8.90. The molecule has 1 unspecified atom stereocenters. The Morgan fingerprint density at radius 2 is 1.83 bits per heavy atom. The summed E-state index contributed by atoms with van der Waals surface area (Å²) in [6, 6.07) is 14.3. The maximum Gasteiger partial charge on any atom is 0.252 e. The highest BCUT2D eigenvalue weighted by Gasteiger charge is 2.42. The van der Waals surface area contributed by atoms with Crippen LogP contribution in [0.5, 0.6) is 5.75 Å². The predicted molar refractivity (Wildman–Crippen MR) is 120 cm³/mol. The Balaban J connectivity index is 1.75. The molecule has 1 aliphatic heterocycles. The lowest BCUT2D eigenvalue weighted by Gasteiger charge is -2.24. The highest BCUT2D eigenvalue weighted by Crippen LogP contribution is 2.25. The Kier molecular flexibility index (Phi) is 6.87. The molecule has 8 heteroatoms. The minimum atomic E-state index is -0.625. The molecule has 0 radical (unpaired) electrons. The van der Waals surface area contributed by atoms with Crippen molar-refractivity contribution in [3.8, 4) is 5.75 Å². The summed E-state index contributed by atoms with van der Waals surface area (Å²) in [5.41, 5.74) is 1.66. The van der Waals surface area contributed by atoms with Gasteiger partial charge in [-0.25, -0.2) is 0 Å². The normalized spacial score (nSPS) is 16.3. The zero-order valence-corrected chi connectivity index (χ0v) is 18.6. The number of likely N-dealkylation sites (N-methyl/N-ethyl adjacent to an activating group) is 1. The second-order valence-corrected chi connectivity index (χ2v) is 7.90. The molecule has 1 fully saturated rings. The Labute approximate surface area is 183 Å². The average Bonchev–Trinajstić information content (AvgIpc) is 2.93. The molecule has 6 nitrogen and oxygen atoms in total. The molecule has 0 saturated carbocycles. The van der Waals surface area contributed by atoms with Crippen LogP contribution in [0.1, 0.15) is 18.9 Å². The number of ether oxygens (including phenoxy) is 1. The second kappa shape index (κ2) is 9.37. The van der Waals surface area contributed by atoms with Crippen LogP contribution < -0.4 is 10.1 Å². The standard InChI is InChI=1S/C21H22BrN3O3S/c1-3-24-20(27)18(12-19(26)23-16-8-6-15(22)7-9-16)25(21(24)29)13-14-4-10-17(28-2)11-5-14/h4-11,18H,3,12-13H2,1-2H3,(H,23,26). The zero-order chi connectivity index (χ0) is 21.0. The Bertz CT molecular complexity index is 902. The van der Waals surface area contributed by atoms with E-state index in [9.17, 15) is 9.59 Å². The summed E-state index contributed by atoms with van der Waals surface area (Å²) in [5.74, 6) is 0.387. The Morgan fingerprint density at radius 3 is 2.41 bits per heavy atom. The molecule has 0 bridgehead atoms. The van der Waals surface area contributed by atoms with E-state index < -0.39 is 6.04 Å². The van der Waals surface area contributed by atoms with Crippen molar-refractivity contribution >= 4 is 50.8 Å². The molecule has 1 saturated heterocycles. The molecule has 2 aromatic rings. The van der Waals surface area contributed by atoms with Gasteiger partial charge >= 0.3 is 0 Å². The molecular weight excluding hydrogens is 454 g/mol. The number of carbonyl (C=O) groups excluding carboxylic acids is 2. The molecule has 0 aromatic heterocycles. The molecule has 1 N–H and O–H groups in total. The van der Waals surface area contributed by atoms with E-state index in [2.05, 4.69) is 21.2 Å². The molecule has 1 aliphatic rings. The Hall–Kier alpha value is -2.45. The third-order valence-corrected chi connectivity index (χ3v) is 5.72. The highest BCUT2D eigenvalue weighted by atomic mass is 79.9. The third-order valence-electron chi connectivity index (χ3n) is 4.74. The van der Waals surface area contributed by atoms with Gasteiger partial charge in [-0.3, -0.25) is 14.5 Å². The number of amides is 2. The zero-order valence-electron chi connectivity index (χ0n) is 16.2. The first-order valence-electron chi connectivity index (χ1n) is 9.23. The lowest BCUT2D eigenvalue weighted by atomic mass is 10.1. The number of nitrogens with one attached hydrogen (secondary N) is 1. The van der Waals surface area contributed by atoms with E-state index in [1.165, 1.54) is 0 Å². The number of benzene rings is 2. The molecule has 2 amide bonds. The molecule has 1 atom stereocenters. The average molecular weight is 476 g/mol. The van der Waals surface area contributed by atoms with Crippen molar-refractivity contribution in [2.45, 2.75) is 25.9 Å². The molecule has 29 heavy (non-hydrogen) atoms. The van der Waals surface area contributed by atoms with Gasteiger partial charge in [0, 0.05) is 23.2 Å². The quantitative estimate of drug-likeness (QED) is 0.616. The summed E-state index contributed by atoms with van der Waals surface area (Å²) in [5, 5.41) is 3.30. The first kappa shape index (κ1) is 21.3. The lowest BCUT2D eigenvalue weighted by molar-refractivity contribution is -0.130. The van der Waals surface area contributed by atoms with E-state index in [0.717, 1.165) is 15.8 Å². The summed E-state index contributed by atoms with van der Waals surface area (Å²) in [7, 11) is 1.61. The number of hydrogen-bond acceptors (Lipinski definition) is 4. The van der Waals surface area contributed by atoms with Crippen molar-refractivity contribution in [3.05, 3.63) is 58.6 Å². The summed E-state index contributed by atoms with van der Waals surface area (Å²) in [6.45, 7) is 2.79. The van der Waals surface area contributed by atoms with E-state index in [0.29, 0.717) is 23.9 Å². The van der Waals surface area contributed by atoms with Gasteiger partial charge in [-0.05, 0) is 61.1 Å². The van der Waals surface area contributed by atoms with Crippen LogP contribution in [0.3, 0.4) is 0 Å². The minimum Gasteiger partial charge on any atom is -0.497 e. The van der Waals surface area contributed by atoms with Gasteiger partial charge in [-0.15, -0.1) is 0 Å². The lowest BCUT2D eigenvalue weighted by Crippen LogP contribution is -2.37. The SMILES string of the molecule is CCN1C(=O)C(CC(=O)Nc2ccc(Br)cc2)N(Cc2ccc(OC)cc2)C1=S. The van der Waals surface area contributed by atoms with Crippen LogP contribution in [-0.2, 0) is 16.1 Å². The van der Waals surface area contributed by atoms with Crippen LogP contribution >= 0.6 is 28.1 Å². The van der Waals surface area contributed by atoms with E-state index in [4.69, 9.17) is 17.0 Å². The summed E-state index contributed by atoms with van der Waals surface area (Å²) in [6.07, 6.45) is 0.0295. The van der Waals surface area contributed by atoms with Crippen molar-refractivity contribution < 1.29 is 14.3 Å². The number of carbonyl (C=O) groups is 2. The number of rotatable bonds is 7. The van der Waals surface area contributed by atoms with Crippen LogP contribution in [0.25, 0.3) is 0 Å². The van der Waals surface area contributed by atoms with Crippen molar-refractivity contribution in [1.82, 2.24) is 9.80 Å². The monoisotopic (exact) mass is 475 g/mol. The van der Waals surface area contributed by atoms with E-state index in [1.807, 2.05) is 48.2 Å². The summed E-state index contributed by atoms with van der Waals surface area (Å²) < 4.78 is 6.12. The number of methoxy groups -OCH3 is 1. The van der Waals surface area contributed by atoms with Gasteiger partial charge in [0.2, 0.25) is 5.91 Å². The van der Waals surface area contributed by atoms with E-state index in [-0.39, 0.29) is 18.2 Å². The van der Waals surface area contributed by atoms with Crippen LogP contribution in [0.2, 0.25) is 0 Å². The van der Waals surface area contributed by atoms with Gasteiger partial charge < -0.3 is 15.0 Å². The van der Waals surface area contributed by atoms with Crippen LogP contribution in [0, 0.1) is 0 Å². The van der Waals surface area contributed by atoms with Gasteiger partial charge in [0.1, 0.15) is 11.8 Å². The first-order valence-corrected chi connectivity index (χ1v) is 10.4. The smallest absolute Gasteiger partial charge is 0.252 e. The maximum atomic E-state index is 12.9. The number of hydrogen-bond donors (Lipinski definition) is 1. The van der Waals surface area contributed by atoms with Gasteiger partial charge in [0.05, 0.1) is 13.5 Å². The Morgan fingerprint density at radius 1 is 1.17 bits per heavy atom.